The highest BCUT2D eigenvalue weighted by Gasteiger charge is 2.36. The summed E-state index contributed by atoms with van der Waals surface area (Å²) in [4.78, 5) is 17.2. The van der Waals surface area contributed by atoms with E-state index in [1.54, 1.807) is 0 Å². The van der Waals surface area contributed by atoms with E-state index in [4.69, 9.17) is 5.73 Å². The van der Waals surface area contributed by atoms with Crippen molar-refractivity contribution in [2.45, 2.75) is 38.1 Å². The zero-order chi connectivity index (χ0) is 20.6. The van der Waals surface area contributed by atoms with Gasteiger partial charge >= 0.3 is 6.18 Å². The number of fused-ring (bicyclic) bond motifs is 1. The molecule has 0 saturated heterocycles. The van der Waals surface area contributed by atoms with Crippen LogP contribution in [0.15, 0.2) is 18.3 Å². The summed E-state index contributed by atoms with van der Waals surface area (Å²) in [7, 11) is 0. The minimum absolute atomic E-state index is 0.104. The Morgan fingerprint density at radius 3 is 2.50 bits per heavy atom. The zero-order valence-electron chi connectivity index (χ0n) is 14.4. The van der Waals surface area contributed by atoms with E-state index >= 15 is 0 Å². The van der Waals surface area contributed by atoms with Crippen LogP contribution in [0.3, 0.4) is 0 Å². The first-order valence-electron chi connectivity index (χ1n) is 8.34. The molecule has 11 heteroatoms. The maximum atomic E-state index is 13.7. The van der Waals surface area contributed by atoms with Gasteiger partial charge in [-0.15, -0.1) is 0 Å². The molecule has 28 heavy (non-hydrogen) atoms. The third kappa shape index (κ3) is 4.29. The number of imidazole rings is 1. The Labute approximate surface area is 155 Å². The SMILES string of the molecule is NC(CC(=O)N1CCn2cc(C(F)(F)F)nc2C1)Cc1cc(F)c(F)cc1F. The smallest absolute Gasteiger partial charge is 0.333 e. The molecule has 1 aliphatic rings. The van der Waals surface area contributed by atoms with E-state index in [2.05, 4.69) is 4.98 Å². The maximum absolute atomic E-state index is 13.7. The lowest BCUT2D eigenvalue weighted by Gasteiger charge is -2.28. The quantitative estimate of drug-likeness (QED) is 0.627. The number of hydrogen-bond donors (Lipinski definition) is 1. The second kappa shape index (κ2) is 7.46. The Hall–Kier alpha value is -2.56. The van der Waals surface area contributed by atoms with Crippen molar-refractivity contribution in [3.63, 3.8) is 0 Å². The van der Waals surface area contributed by atoms with Crippen LogP contribution in [0.2, 0.25) is 0 Å². The molecule has 5 nitrogen and oxygen atoms in total. The molecule has 2 N–H and O–H groups in total. The van der Waals surface area contributed by atoms with Gasteiger partial charge in [0.15, 0.2) is 17.3 Å². The highest BCUT2D eigenvalue weighted by molar-refractivity contribution is 5.76. The summed E-state index contributed by atoms with van der Waals surface area (Å²) in [5, 5.41) is 0. The number of halogens is 6. The maximum Gasteiger partial charge on any atom is 0.434 e. The van der Waals surface area contributed by atoms with Crippen LogP contribution in [-0.2, 0) is 30.5 Å². The van der Waals surface area contributed by atoms with Crippen molar-refractivity contribution in [1.82, 2.24) is 14.5 Å². The van der Waals surface area contributed by atoms with Crippen molar-refractivity contribution in [2.75, 3.05) is 6.54 Å². The van der Waals surface area contributed by atoms with Gasteiger partial charge in [-0.1, -0.05) is 0 Å². The Kier molecular flexibility index (Phi) is 5.37. The van der Waals surface area contributed by atoms with E-state index in [1.165, 1.54) is 9.47 Å². The van der Waals surface area contributed by atoms with Gasteiger partial charge in [-0.2, -0.15) is 13.2 Å². The van der Waals surface area contributed by atoms with Crippen molar-refractivity contribution in [2.24, 2.45) is 5.73 Å². The average molecular weight is 406 g/mol. The molecular weight excluding hydrogens is 390 g/mol. The molecule has 0 saturated carbocycles. The molecule has 3 rings (SSSR count). The molecule has 0 aliphatic carbocycles. The standard InChI is InChI=1S/C17H16F6N4O/c18-11-6-13(20)12(19)4-9(11)3-10(24)5-16(28)27-2-1-26-7-14(17(21,22)23)25-15(26)8-27/h4,6-7,10H,1-3,5,8,24H2. The molecule has 1 aromatic heterocycles. The van der Waals surface area contributed by atoms with E-state index in [-0.39, 0.29) is 43.9 Å². The predicted molar refractivity (Wildman–Crippen MR) is 85.3 cm³/mol. The first-order chi connectivity index (χ1) is 13.0. The number of amides is 1. The van der Waals surface area contributed by atoms with Gasteiger partial charge in [0.25, 0.3) is 0 Å². The lowest BCUT2D eigenvalue weighted by molar-refractivity contribution is -0.141. The Morgan fingerprint density at radius 2 is 1.82 bits per heavy atom. The van der Waals surface area contributed by atoms with Gasteiger partial charge in [0, 0.05) is 37.8 Å². The molecule has 2 heterocycles. The van der Waals surface area contributed by atoms with Crippen molar-refractivity contribution in [1.29, 1.82) is 0 Å². The number of hydrogen-bond acceptors (Lipinski definition) is 3. The van der Waals surface area contributed by atoms with Crippen LogP contribution in [0, 0.1) is 17.5 Å². The van der Waals surface area contributed by atoms with E-state index in [1.807, 2.05) is 0 Å². The van der Waals surface area contributed by atoms with E-state index in [9.17, 15) is 31.1 Å². The third-order valence-electron chi connectivity index (χ3n) is 4.45. The molecule has 0 spiro atoms. The highest BCUT2D eigenvalue weighted by Crippen LogP contribution is 2.29. The van der Waals surface area contributed by atoms with Gasteiger partial charge in [0.1, 0.15) is 11.6 Å². The summed E-state index contributed by atoms with van der Waals surface area (Å²) in [5.74, 6) is -3.86. The lowest BCUT2D eigenvalue weighted by Crippen LogP contribution is -2.41. The minimum Gasteiger partial charge on any atom is -0.333 e. The second-order valence-corrected chi connectivity index (χ2v) is 6.57. The molecule has 1 amide bonds. The largest absolute Gasteiger partial charge is 0.434 e. The highest BCUT2D eigenvalue weighted by atomic mass is 19.4. The normalized spacial score (nSPS) is 15.5. The fourth-order valence-corrected chi connectivity index (χ4v) is 3.03. The number of nitrogens with two attached hydrogens (primary N) is 1. The molecule has 152 valence electrons. The number of carbonyl (C=O) groups excluding carboxylic acids is 1. The van der Waals surface area contributed by atoms with Crippen LogP contribution >= 0.6 is 0 Å². The van der Waals surface area contributed by atoms with Gasteiger partial charge in [0.2, 0.25) is 5.91 Å². The Morgan fingerprint density at radius 1 is 1.14 bits per heavy atom. The fraction of sp³-hybridized carbons (Fsp3) is 0.412. The first-order valence-corrected chi connectivity index (χ1v) is 8.34. The number of benzene rings is 1. The number of alkyl halides is 3. The monoisotopic (exact) mass is 406 g/mol. The van der Waals surface area contributed by atoms with Gasteiger partial charge in [-0.05, 0) is 18.1 Å². The zero-order valence-corrected chi connectivity index (χ0v) is 14.4. The van der Waals surface area contributed by atoms with Crippen molar-refractivity contribution in [3.05, 3.63) is 52.9 Å². The summed E-state index contributed by atoms with van der Waals surface area (Å²) < 4.78 is 79.5. The van der Waals surface area contributed by atoms with Gasteiger partial charge < -0.3 is 15.2 Å². The molecule has 2 aromatic rings. The number of nitrogens with zero attached hydrogens (tertiary/aromatic N) is 3. The van der Waals surface area contributed by atoms with Crippen molar-refractivity contribution in [3.8, 4) is 0 Å². The van der Waals surface area contributed by atoms with E-state index in [0.717, 1.165) is 6.20 Å². The van der Waals surface area contributed by atoms with Crippen LogP contribution in [0.4, 0.5) is 26.3 Å². The molecule has 1 unspecified atom stereocenters. The van der Waals surface area contributed by atoms with Crippen LogP contribution in [0.5, 0.6) is 0 Å². The van der Waals surface area contributed by atoms with Crippen molar-refractivity contribution >= 4 is 5.91 Å². The van der Waals surface area contributed by atoms with Gasteiger partial charge in [-0.25, -0.2) is 18.2 Å². The first kappa shape index (κ1) is 20.2. The molecule has 0 radical (unpaired) electrons. The van der Waals surface area contributed by atoms with Gasteiger partial charge in [0.05, 0.1) is 6.54 Å². The summed E-state index contributed by atoms with van der Waals surface area (Å²) in [6.45, 7) is 0.212. The molecule has 1 aromatic carbocycles. The fourth-order valence-electron chi connectivity index (χ4n) is 3.03. The minimum atomic E-state index is -4.57. The van der Waals surface area contributed by atoms with E-state index < -0.39 is 41.3 Å². The number of carbonyl (C=O) groups is 1. The Bertz CT molecular complexity index is 895. The summed E-state index contributed by atoms with van der Waals surface area (Å²) in [6, 6.07) is 0.215. The van der Waals surface area contributed by atoms with Crippen LogP contribution in [-0.4, -0.2) is 32.9 Å². The lowest BCUT2D eigenvalue weighted by atomic mass is 10.0. The molecular formula is C17H16F6N4O. The third-order valence-corrected chi connectivity index (χ3v) is 4.45. The summed E-state index contributed by atoms with van der Waals surface area (Å²) in [5.41, 5.74) is 4.64. The Balaban J connectivity index is 1.62. The summed E-state index contributed by atoms with van der Waals surface area (Å²) in [6.07, 6.45) is -4.11. The molecule has 1 atom stereocenters. The van der Waals surface area contributed by atoms with Crippen LogP contribution in [0.1, 0.15) is 23.5 Å². The van der Waals surface area contributed by atoms with E-state index in [0.29, 0.717) is 12.1 Å². The number of rotatable bonds is 4. The topological polar surface area (TPSA) is 64.2 Å². The van der Waals surface area contributed by atoms with Crippen LogP contribution < -0.4 is 5.73 Å². The summed E-state index contributed by atoms with van der Waals surface area (Å²) >= 11 is 0. The van der Waals surface area contributed by atoms with Crippen LogP contribution in [0.25, 0.3) is 0 Å². The molecule has 1 aliphatic heterocycles. The molecule has 0 bridgehead atoms. The van der Waals surface area contributed by atoms with Gasteiger partial charge in [-0.3, -0.25) is 4.79 Å². The molecule has 0 fully saturated rings. The second-order valence-electron chi connectivity index (χ2n) is 6.57. The average Bonchev–Trinajstić information content (AvgIpc) is 3.03. The predicted octanol–water partition coefficient (Wildman–Crippen LogP) is 2.62. The van der Waals surface area contributed by atoms with Crippen molar-refractivity contribution < 1.29 is 31.1 Å². The number of aromatic nitrogens is 2.